The van der Waals surface area contributed by atoms with E-state index >= 15 is 0 Å². The van der Waals surface area contributed by atoms with Gasteiger partial charge in [0.05, 0.1) is 12.1 Å². The van der Waals surface area contributed by atoms with Gasteiger partial charge in [0.15, 0.2) is 0 Å². The van der Waals surface area contributed by atoms with Gasteiger partial charge < -0.3 is 19.9 Å². The zero-order valence-corrected chi connectivity index (χ0v) is 15.8. The number of aliphatic carboxylic acids is 1. The average Bonchev–Trinajstić information content (AvgIpc) is 2.89. The fourth-order valence-electron chi connectivity index (χ4n) is 2.85. The first-order valence-electron chi connectivity index (χ1n) is 8.65. The van der Waals surface area contributed by atoms with Crippen LogP contribution in [0.2, 0.25) is 0 Å². The molecule has 0 aromatic carbocycles. The number of H-pyrrole nitrogens is 1. The van der Waals surface area contributed by atoms with Crippen molar-refractivity contribution in [3.63, 3.8) is 0 Å². The highest BCUT2D eigenvalue weighted by Crippen LogP contribution is 2.30. The summed E-state index contributed by atoms with van der Waals surface area (Å²) in [6.45, 7) is 6.74. The molecule has 3 atom stereocenters. The number of rotatable bonds is 5. The van der Waals surface area contributed by atoms with Gasteiger partial charge in [-0.15, -0.1) is 0 Å². The summed E-state index contributed by atoms with van der Waals surface area (Å²) >= 11 is 0. The molecule has 1 fully saturated rings. The molecule has 0 spiro atoms. The highest BCUT2D eigenvalue weighted by molar-refractivity contribution is 5.68. The van der Waals surface area contributed by atoms with Gasteiger partial charge in [0, 0.05) is 24.6 Å². The highest BCUT2D eigenvalue weighted by atomic mass is 16.6. The number of amides is 1. The van der Waals surface area contributed by atoms with E-state index in [-0.39, 0.29) is 19.3 Å². The first-order valence-corrected chi connectivity index (χ1v) is 8.65. The third-order valence-electron chi connectivity index (χ3n) is 4.04. The number of alkyl carbamates (subject to hydrolysis) is 1. The van der Waals surface area contributed by atoms with Crippen molar-refractivity contribution in [2.45, 2.75) is 70.9 Å². The molecule has 0 unspecified atom stereocenters. The minimum absolute atomic E-state index is 0.149. The van der Waals surface area contributed by atoms with Gasteiger partial charge in [0.1, 0.15) is 11.8 Å². The number of nitrogens with zero attached hydrogens (tertiary/aromatic N) is 1. The van der Waals surface area contributed by atoms with Crippen LogP contribution in [-0.4, -0.2) is 44.5 Å². The van der Waals surface area contributed by atoms with Crippen LogP contribution < -0.4 is 16.6 Å². The van der Waals surface area contributed by atoms with Crippen LogP contribution >= 0.6 is 0 Å². The summed E-state index contributed by atoms with van der Waals surface area (Å²) in [6.07, 6.45) is -0.385. The maximum absolute atomic E-state index is 12.1. The van der Waals surface area contributed by atoms with Gasteiger partial charge in [0.25, 0.3) is 5.56 Å². The van der Waals surface area contributed by atoms with E-state index in [2.05, 4.69) is 10.3 Å². The van der Waals surface area contributed by atoms with Crippen LogP contribution in [-0.2, 0) is 14.3 Å². The van der Waals surface area contributed by atoms with E-state index in [4.69, 9.17) is 14.6 Å². The van der Waals surface area contributed by atoms with Gasteiger partial charge in [0.2, 0.25) is 0 Å². The van der Waals surface area contributed by atoms with Gasteiger partial charge in [-0.1, -0.05) is 0 Å². The van der Waals surface area contributed by atoms with Crippen molar-refractivity contribution in [1.82, 2.24) is 14.9 Å². The lowest BCUT2D eigenvalue weighted by atomic mass is 10.1. The number of hydrogen-bond donors (Lipinski definition) is 3. The van der Waals surface area contributed by atoms with Crippen LogP contribution in [0.15, 0.2) is 15.8 Å². The Labute approximate surface area is 155 Å². The van der Waals surface area contributed by atoms with Crippen molar-refractivity contribution in [2.75, 3.05) is 0 Å². The van der Waals surface area contributed by atoms with Crippen LogP contribution in [0.4, 0.5) is 4.79 Å². The van der Waals surface area contributed by atoms with Gasteiger partial charge >= 0.3 is 17.8 Å². The van der Waals surface area contributed by atoms with Crippen molar-refractivity contribution < 1.29 is 24.2 Å². The summed E-state index contributed by atoms with van der Waals surface area (Å²) in [4.78, 5) is 48.8. The summed E-state index contributed by atoms with van der Waals surface area (Å²) < 4.78 is 12.3. The Hall–Kier alpha value is -2.62. The lowest BCUT2D eigenvalue weighted by molar-refractivity contribution is -0.138. The fraction of sp³-hybridized carbons (Fsp3) is 0.647. The third kappa shape index (κ3) is 5.68. The summed E-state index contributed by atoms with van der Waals surface area (Å²) in [7, 11) is 0. The van der Waals surface area contributed by atoms with Crippen molar-refractivity contribution >= 4 is 12.1 Å². The number of aromatic nitrogens is 2. The normalized spacial score (nSPS) is 22.4. The molecule has 1 aromatic rings. The van der Waals surface area contributed by atoms with Crippen LogP contribution in [0.5, 0.6) is 0 Å². The van der Waals surface area contributed by atoms with Crippen LogP contribution in [0.3, 0.4) is 0 Å². The molecule has 1 amide bonds. The summed E-state index contributed by atoms with van der Waals surface area (Å²) in [5, 5.41) is 11.6. The molecule has 0 bridgehead atoms. The number of hydrogen-bond acceptors (Lipinski definition) is 6. The Morgan fingerprint density at radius 3 is 2.67 bits per heavy atom. The predicted molar refractivity (Wildman–Crippen MR) is 94.6 cm³/mol. The molecular weight excluding hydrogens is 358 g/mol. The van der Waals surface area contributed by atoms with Crippen molar-refractivity contribution in [2.24, 2.45) is 0 Å². The molecule has 27 heavy (non-hydrogen) atoms. The minimum Gasteiger partial charge on any atom is -0.481 e. The zero-order chi connectivity index (χ0) is 20.4. The Morgan fingerprint density at radius 1 is 1.41 bits per heavy atom. The van der Waals surface area contributed by atoms with E-state index in [0.29, 0.717) is 5.56 Å². The molecule has 150 valence electrons. The lowest BCUT2D eigenvalue weighted by Crippen LogP contribution is -2.43. The molecule has 1 aliphatic rings. The van der Waals surface area contributed by atoms with E-state index in [1.807, 2.05) is 0 Å². The standard InChI is InChI=1S/C17H25N3O7/c1-9-8-20(15(24)19-14(9)23)12-7-10(11(26-12)5-6-13(21)22)18-16(25)27-17(2,3)4/h8,10-12H,5-7H2,1-4H3,(H,18,25)(H,21,22)(H,19,23,24)/t10-,11+,12+/m1/s1. The molecule has 0 saturated carbocycles. The second-order valence-electron chi connectivity index (χ2n) is 7.53. The minimum atomic E-state index is -0.991. The number of carboxylic acid groups (broad SMARTS) is 1. The molecule has 10 heteroatoms. The Balaban J connectivity index is 2.20. The number of carbonyl (C=O) groups is 2. The van der Waals surface area contributed by atoms with E-state index in [1.54, 1.807) is 27.7 Å². The monoisotopic (exact) mass is 383 g/mol. The number of ether oxygens (including phenoxy) is 2. The summed E-state index contributed by atoms with van der Waals surface area (Å²) in [5.41, 5.74) is -1.47. The Morgan fingerprint density at radius 2 is 2.07 bits per heavy atom. The molecular formula is C17H25N3O7. The van der Waals surface area contributed by atoms with Crippen molar-refractivity contribution in [3.05, 3.63) is 32.6 Å². The van der Waals surface area contributed by atoms with E-state index < -0.39 is 47.3 Å². The molecule has 1 aliphatic heterocycles. The second-order valence-corrected chi connectivity index (χ2v) is 7.53. The molecule has 3 N–H and O–H groups in total. The van der Waals surface area contributed by atoms with Gasteiger partial charge in [-0.25, -0.2) is 9.59 Å². The second kappa shape index (κ2) is 7.95. The van der Waals surface area contributed by atoms with Crippen LogP contribution in [0.25, 0.3) is 0 Å². The maximum atomic E-state index is 12.1. The largest absolute Gasteiger partial charge is 0.481 e. The van der Waals surface area contributed by atoms with E-state index in [9.17, 15) is 19.2 Å². The fourth-order valence-corrected chi connectivity index (χ4v) is 2.85. The quantitative estimate of drug-likeness (QED) is 0.686. The number of aryl methyl sites for hydroxylation is 1. The molecule has 0 aliphatic carbocycles. The van der Waals surface area contributed by atoms with Crippen LogP contribution in [0.1, 0.15) is 51.8 Å². The molecule has 1 saturated heterocycles. The van der Waals surface area contributed by atoms with Crippen molar-refractivity contribution in [1.29, 1.82) is 0 Å². The first-order chi connectivity index (χ1) is 12.5. The smallest absolute Gasteiger partial charge is 0.407 e. The zero-order valence-electron chi connectivity index (χ0n) is 15.8. The summed E-state index contributed by atoms with van der Waals surface area (Å²) in [5.74, 6) is -0.991. The van der Waals surface area contributed by atoms with E-state index in [0.717, 1.165) is 0 Å². The predicted octanol–water partition coefficient (Wildman–Crippen LogP) is 0.891. The third-order valence-corrected chi connectivity index (χ3v) is 4.04. The lowest BCUT2D eigenvalue weighted by Gasteiger charge is -2.23. The number of carbonyl (C=O) groups excluding carboxylic acids is 1. The maximum Gasteiger partial charge on any atom is 0.407 e. The van der Waals surface area contributed by atoms with Crippen LogP contribution in [0, 0.1) is 6.92 Å². The molecule has 10 nitrogen and oxygen atoms in total. The number of nitrogens with one attached hydrogen (secondary N) is 2. The number of aromatic amines is 1. The Bertz CT molecular complexity index is 821. The van der Waals surface area contributed by atoms with E-state index in [1.165, 1.54) is 10.8 Å². The number of carboxylic acids is 1. The average molecular weight is 383 g/mol. The first kappa shape index (κ1) is 20.7. The van der Waals surface area contributed by atoms with Crippen molar-refractivity contribution in [3.8, 4) is 0 Å². The molecule has 2 rings (SSSR count). The Kier molecular flexibility index (Phi) is 6.09. The molecule has 1 aromatic heterocycles. The topological polar surface area (TPSA) is 140 Å². The van der Waals surface area contributed by atoms with Gasteiger partial charge in [-0.05, 0) is 34.1 Å². The van der Waals surface area contributed by atoms with Gasteiger partial charge in [-0.3, -0.25) is 19.1 Å². The highest BCUT2D eigenvalue weighted by Gasteiger charge is 2.38. The molecule has 0 radical (unpaired) electrons. The SMILES string of the molecule is Cc1cn([C@@H]2C[C@@H](NC(=O)OC(C)(C)C)[C@H](CCC(=O)O)O2)c(=O)[nH]c1=O. The summed E-state index contributed by atoms with van der Waals surface area (Å²) in [6, 6.07) is -0.539. The van der Waals surface area contributed by atoms with Gasteiger partial charge in [-0.2, -0.15) is 0 Å². The molecule has 2 heterocycles.